The summed E-state index contributed by atoms with van der Waals surface area (Å²) in [5.41, 5.74) is 6.57. The standard InChI is InChI=1S/C10H18N4OS/c1-14(2)10(15)13-5-4-12-7-9-8(11)3-6-16-9/h3,6,12H,4-5,7,11H2,1-2H3,(H,13,15). The van der Waals surface area contributed by atoms with Crippen molar-refractivity contribution in [2.75, 3.05) is 32.9 Å². The van der Waals surface area contributed by atoms with Gasteiger partial charge in [0.15, 0.2) is 0 Å². The summed E-state index contributed by atoms with van der Waals surface area (Å²) in [5, 5.41) is 7.97. The van der Waals surface area contributed by atoms with Gasteiger partial charge in [-0.3, -0.25) is 0 Å². The lowest BCUT2D eigenvalue weighted by Crippen LogP contribution is -2.38. The highest BCUT2D eigenvalue weighted by molar-refractivity contribution is 7.10. The molecule has 16 heavy (non-hydrogen) atoms. The van der Waals surface area contributed by atoms with Crippen LogP contribution in [0, 0.1) is 0 Å². The minimum atomic E-state index is -0.0718. The van der Waals surface area contributed by atoms with Crippen molar-refractivity contribution in [3.05, 3.63) is 16.3 Å². The molecule has 0 aromatic carbocycles. The number of hydrogen-bond acceptors (Lipinski definition) is 4. The number of thiophene rings is 1. The van der Waals surface area contributed by atoms with Crippen LogP contribution in [-0.4, -0.2) is 38.1 Å². The zero-order chi connectivity index (χ0) is 12.0. The maximum atomic E-state index is 11.2. The summed E-state index contributed by atoms with van der Waals surface area (Å²) < 4.78 is 0. The minimum absolute atomic E-state index is 0.0718. The first-order valence-electron chi connectivity index (χ1n) is 5.09. The smallest absolute Gasteiger partial charge is 0.316 e. The first-order chi connectivity index (χ1) is 7.61. The molecule has 1 aromatic heterocycles. The molecular formula is C10H18N4OS. The van der Waals surface area contributed by atoms with E-state index in [-0.39, 0.29) is 6.03 Å². The predicted molar refractivity (Wildman–Crippen MR) is 67.5 cm³/mol. The van der Waals surface area contributed by atoms with Gasteiger partial charge in [0.25, 0.3) is 0 Å². The quantitative estimate of drug-likeness (QED) is 0.665. The molecule has 1 rings (SSSR count). The van der Waals surface area contributed by atoms with E-state index < -0.39 is 0 Å². The van der Waals surface area contributed by atoms with E-state index in [0.29, 0.717) is 6.54 Å². The summed E-state index contributed by atoms with van der Waals surface area (Å²) in [4.78, 5) is 13.8. The normalized spacial score (nSPS) is 10.1. The minimum Gasteiger partial charge on any atom is -0.398 e. The van der Waals surface area contributed by atoms with Gasteiger partial charge in [-0.1, -0.05) is 0 Å². The van der Waals surface area contributed by atoms with E-state index in [9.17, 15) is 4.79 Å². The molecule has 90 valence electrons. The lowest BCUT2D eigenvalue weighted by molar-refractivity contribution is 0.217. The highest BCUT2D eigenvalue weighted by Crippen LogP contribution is 2.17. The molecule has 6 heteroatoms. The van der Waals surface area contributed by atoms with E-state index in [1.165, 1.54) is 4.90 Å². The summed E-state index contributed by atoms with van der Waals surface area (Å²) in [6.45, 7) is 2.10. The molecule has 0 spiro atoms. The highest BCUT2D eigenvalue weighted by atomic mass is 32.1. The van der Waals surface area contributed by atoms with Gasteiger partial charge in [-0.25, -0.2) is 4.79 Å². The second-order valence-corrected chi connectivity index (χ2v) is 4.60. The SMILES string of the molecule is CN(C)C(=O)NCCNCc1sccc1N. The molecule has 0 radical (unpaired) electrons. The third-order valence-corrected chi connectivity index (χ3v) is 2.99. The molecule has 5 nitrogen and oxygen atoms in total. The van der Waals surface area contributed by atoms with Gasteiger partial charge in [0.1, 0.15) is 0 Å². The number of amides is 2. The Morgan fingerprint density at radius 2 is 2.25 bits per heavy atom. The van der Waals surface area contributed by atoms with Crippen molar-refractivity contribution in [3.63, 3.8) is 0 Å². The fourth-order valence-electron chi connectivity index (χ4n) is 1.11. The molecule has 0 aliphatic heterocycles. The van der Waals surface area contributed by atoms with E-state index in [4.69, 9.17) is 5.73 Å². The first kappa shape index (κ1) is 12.8. The summed E-state index contributed by atoms with van der Waals surface area (Å²) >= 11 is 1.64. The first-order valence-corrected chi connectivity index (χ1v) is 5.97. The molecule has 0 atom stereocenters. The fraction of sp³-hybridized carbons (Fsp3) is 0.500. The lowest BCUT2D eigenvalue weighted by Gasteiger charge is -2.12. The number of nitrogen functional groups attached to an aromatic ring is 1. The molecule has 2 amide bonds. The Morgan fingerprint density at radius 3 is 2.81 bits per heavy atom. The molecule has 1 heterocycles. The summed E-state index contributed by atoms with van der Waals surface area (Å²) in [6, 6.07) is 1.83. The molecular weight excluding hydrogens is 224 g/mol. The van der Waals surface area contributed by atoms with Crippen molar-refractivity contribution in [2.24, 2.45) is 0 Å². The number of anilines is 1. The van der Waals surface area contributed by atoms with Crippen LogP contribution < -0.4 is 16.4 Å². The molecule has 0 aliphatic rings. The Bertz CT molecular complexity index is 337. The monoisotopic (exact) mass is 242 g/mol. The van der Waals surface area contributed by atoms with Crippen LogP contribution in [0.3, 0.4) is 0 Å². The third kappa shape index (κ3) is 4.08. The van der Waals surface area contributed by atoms with Crippen LogP contribution >= 0.6 is 11.3 Å². The number of urea groups is 1. The third-order valence-electron chi connectivity index (χ3n) is 2.05. The number of nitrogens with two attached hydrogens (primary N) is 1. The van der Waals surface area contributed by atoms with Gasteiger partial charge in [0.2, 0.25) is 0 Å². The van der Waals surface area contributed by atoms with E-state index in [1.54, 1.807) is 25.4 Å². The Labute approximate surface area is 99.6 Å². The topological polar surface area (TPSA) is 70.4 Å². The maximum absolute atomic E-state index is 11.2. The highest BCUT2D eigenvalue weighted by Gasteiger charge is 2.01. The van der Waals surface area contributed by atoms with Gasteiger partial charge in [0.05, 0.1) is 0 Å². The molecule has 0 fully saturated rings. The molecule has 1 aromatic rings. The molecule has 0 unspecified atom stereocenters. The Hall–Kier alpha value is -1.27. The van der Waals surface area contributed by atoms with Gasteiger partial charge in [-0.2, -0.15) is 0 Å². The maximum Gasteiger partial charge on any atom is 0.316 e. The second kappa shape index (κ2) is 6.34. The number of nitrogens with one attached hydrogen (secondary N) is 2. The van der Waals surface area contributed by atoms with Gasteiger partial charge >= 0.3 is 6.03 Å². The summed E-state index contributed by atoms with van der Waals surface area (Å²) in [6.07, 6.45) is 0. The predicted octanol–water partition coefficient (Wildman–Crippen LogP) is 0.691. The van der Waals surface area contributed by atoms with Crippen molar-refractivity contribution in [1.82, 2.24) is 15.5 Å². The van der Waals surface area contributed by atoms with Gasteiger partial charge < -0.3 is 21.3 Å². The molecule has 4 N–H and O–H groups in total. The summed E-state index contributed by atoms with van der Waals surface area (Å²) in [5.74, 6) is 0. The number of nitrogens with zero attached hydrogens (tertiary/aromatic N) is 1. The largest absolute Gasteiger partial charge is 0.398 e. The van der Waals surface area contributed by atoms with Gasteiger partial charge in [-0.15, -0.1) is 11.3 Å². The van der Waals surface area contributed by atoms with Crippen molar-refractivity contribution in [1.29, 1.82) is 0 Å². The lowest BCUT2D eigenvalue weighted by atomic mass is 10.4. The number of carbonyl (C=O) groups is 1. The second-order valence-electron chi connectivity index (χ2n) is 3.60. The average molecular weight is 242 g/mol. The molecule has 0 saturated heterocycles. The van der Waals surface area contributed by atoms with Crippen LogP contribution in [0.4, 0.5) is 10.5 Å². The number of carbonyl (C=O) groups excluding carboxylic acids is 1. The fourth-order valence-corrected chi connectivity index (χ4v) is 1.88. The van der Waals surface area contributed by atoms with Crippen LogP contribution in [-0.2, 0) is 6.54 Å². The van der Waals surface area contributed by atoms with Crippen LogP contribution in [0.25, 0.3) is 0 Å². The van der Waals surface area contributed by atoms with Crippen LogP contribution in [0.5, 0.6) is 0 Å². The Kier molecular flexibility index (Phi) is 5.07. The number of hydrogen-bond donors (Lipinski definition) is 3. The van der Waals surface area contributed by atoms with Crippen LogP contribution in [0.2, 0.25) is 0 Å². The molecule has 0 bridgehead atoms. The van der Waals surface area contributed by atoms with E-state index in [0.717, 1.165) is 23.7 Å². The zero-order valence-electron chi connectivity index (χ0n) is 9.62. The zero-order valence-corrected chi connectivity index (χ0v) is 10.4. The van der Waals surface area contributed by atoms with Crippen molar-refractivity contribution in [3.8, 4) is 0 Å². The van der Waals surface area contributed by atoms with Gasteiger partial charge in [0, 0.05) is 44.3 Å². The van der Waals surface area contributed by atoms with Crippen LogP contribution in [0.1, 0.15) is 4.88 Å². The van der Waals surface area contributed by atoms with E-state index in [2.05, 4.69) is 10.6 Å². The Balaban J connectivity index is 2.09. The van der Waals surface area contributed by atoms with E-state index in [1.807, 2.05) is 11.4 Å². The molecule has 0 aliphatic carbocycles. The average Bonchev–Trinajstić information content (AvgIpc) is 2.63. The van der Waals surface area contributed by atoms with E-state index >= 15 is 0 Å². The van der Waals surface area contributed by atoms with Crippen molar-refractivity contribution < 1.29 is 4.79 Å². The van der Waals surface area contributed by atoms with Crippen molar-refractivity contribution in [2.45, 2.75) is 6.54 Å². The van der Waals surface area contributed by atoms with Gasteiger partial charge in [-0.05, 0) is 11.4 Å². The van der Waals surface area contributed by atoms with Crippen LogP contribution in [0.15, 0.2) is 11.4 Å². The molecule has 0 saturated carbocycles. The Morgan fingerprint density at radius 1 is 1.50 bits per heavy atom. The number of rotatable bonds is 5. The summed E-state index contributed by atoms with van der Waals surface area (Å²) in [7, 11) is 3.43. The van der Waals surface area contributed by atoms with Crippen molar-refractivity contribution >= 4 is 23.1 Å².